The van der Waals surface area contributed by atoms with Crippen molar-refractivity contribution in [2.75, 3.05) is 26.2 Å². The molecule has 2 aromatic carbocycles. The molecule has 0 saturated carbocycles. The maximum atomic E-state index is 13.8. The number of aryl methyl sites for hydroxylation is 2. The number of hydrogen-bond acceptors (Lipinski definition) is 9. The van der Waals surface area contributed by atoms with Crippen LogP contribution in [-0.4, -0.2) is 123 Å². The molecule has 2 aliphatic rings. The topological polar surface area (TPSA) is 232 Å². The molecule has 2 aliphatic heterocycles. The lowest BCUT2D eigenvalue weighted by molar-refractivity contribution is -0.149. The van der Waals surface area contributed by atoms with E-state index in [1.807, 2.05) is 60.7 Å². The average molecular weight is 793 g/mol. The zero-order valence-corrected chi connectivity index (χ0v) is 32.7. The van der Waals surface area contributed by atoms with Gasteiger partial charge in [-0.05, 0) is 101 Å². The molecule has 57 heavy (non-hydrogen) atoms. The summed E-state index contributed by atoms with van der Waals surface area (Å²) in [5.74, 6) is -4.37. The number of rotatable bonds is 25. The van der Waals surface area contributed by atoms with Gasteiger partial charge in [0.2, 0.25) is 17.7 Å². The highest BCUT2D eigenvalue weighted by Gasteiger charge is 2.39. The zero-order valence-electron chi connectivity index (χ0n) is 32.7. The third-order valence-electron chi connectivity index (χ3n) is 11.0. The van der Waals surface area contributed by atoms with Gasteiger partial charge in [0.05, 0.1) is 18.1 Å². The number of likely N-dealkylation sites (tertiary alicyclic amines) is 2. The normalized spacial score (nSPS) is 18.8. The van der Waals surface area contributed by atoms with Gasteiger partial charge in [0, 0.05) is 19.6 Å². The molecular formula is C42H60N6O9. The highest BCUT2D eigenvalue weighted by Crippen LogP contribution is 2.22. The van der Waals surface area contributed by atoms with Crippen LogP contribution < -0.4 is 21.7 Å². The summed E-state index contributed by atoms with van der Waals surface area (Å²) in [5.41, 5.74) is 7.71. The number of unbranched alkanes of at least 4 members (excludes halogenated alkanes) is 2. The van der Waals surface area contributed by atoms with Crippen molar-refractivity contribution in [2.45, 2.75) is 126 Å². The number of amides is 3. The second-order valence-corrected chi connectivity index (χ2v) is 15.1. The molecule has 2 saturated heterocycles. The Kier molecular flexibility index (Phi) is 18.4. The second kappa shape index (κ2) is 23.4. The minimum absolute atomic E-state index is 0.223. The van der Waals surface area contributed by atoms with Gasteiger partial charge in [0.25, 0.3) is 0 Å². The van der Waals surface area contributed by atoms with Gasteiger partial charge >= 0.3 is 17.9 Å². The monoisotopic (exact) mass is 792 g/mol. The van der Waals surface area contributed by atoms with E-state index in [9.17, 15) is 44.1 Å². The highest BCUT2D eigenvalue weighted by molar-refractivity contribution is 5.89. The minimum atomic E-state index is -1.11. The van der Waals surface area contributed by atoms with Gasteiger partial charge in [-0.1, -0.05) is 67.1 Å². The van der Waals surface area contributed by atoms with Gasteiger partial charge in [-0.25, -0.2) is 9.59 Å². The molecule has 0 radical (unpaired) electrons. The van der Waals surface area contributed by atoms with Crippen molar-refractivity contribution in [1.29, 1.82) is 0 Å². The number of benzene rings is 2. The number of carboxylic acids is 3. The molecule has 2 fully saturated rings. The van der Waals surface area contributed by atoms with Crippen LogP contribution >= 0.6 is 0 Å². The van der Waals surface area contributed by atoms with Crippen molar-refractivity contribution >= 4 is 35.6 Å². The fraction of sp³-hybridized carbons (Fsp3) is 0.571. The van der Waals surface area contributed by atoms with Crippen LogP contribution in [0.5, 0.6) is 0 Å². The van der Waals surface area contributed by atoms with Gasteiger partial charge < -0.3 is 36.2 Å². The van der Waals surface area contributed by atoms with Crippen LogP contribution in [-0.2, 0) is 41.6 Å². The van der Waals surface area contributed by atoms with Crippen LogP contribution in [0.1, 0.15) is 88.2 Å². The standard InChI is InChI=1S/C42H60N6O9/c43-25-9-7-17-32(38(50)47-27-11-19-35(47)41(54)55)45-31(23-21-29-13-3-1-4-14-29)37(49)44-26-10-8-18-33(39(51)48-28-12-20-36(48)42(56)57)46-34(40(52)53)24-22-30-15-5-2-6-16-30/h1-6,13-16,31-36,45-46H,7-12,17-28,43H2,(H,44,49)(H,52,53)(H,54,55)(H,56,57)/t31-,32-,33+,34-,35+,36+/m0/s1. The number of nitrogens with one attached hydrogen (secondary N) is 3. The quantitative estimate of drug-likeness (QED) is 0.0720. The Morgan fingerprint density at radius 3 is 1.53 bits per heavy atom. The average Bonchev–Trinajstić information content (AvgIpc) is 3.91. The van der Waals surface area contributed by atoms with Crippen LogP contribution in [0.3, 0.4) is 0 Å². The molecule has 0 unspecified atom stereocenters. The lowest BCUT2D eigenvalue weighted by Crippen LogP contribution is -2.56. The first-order valence-corrected chi connectivity index (χ1v) is 20.4. The number of carbonyl (C=O) groups is 6. The van der Waals surface area contributed by atoms with E-state index in [4.69, 9.17) is 5.73 Å². The Hall–Kier alpha value is -4.86. The molecule has 0 aromatic heterocycles. The van der Waals surface area contributed by atoms with Crippen molar-refractivity contribution in [2.24, 2.45) is 5.73 Å². The number of aliphatic carboxylic acids is 3. The van der Waals surface area contributed by atoms with Crippen LogP contribution in [0.2, 0.25) is 0 Å². The van der Waals surface area contributed by atoms with Gasteiger partial charge in [-0.15, -0.1) is 0 Å². The third-order valence-corrected chi connectivity index (χ3v) is 11.0. The summed E-state index contributed by atoms with van der Waals surface area (Å²) >= 11 is 0. The number of carbonyl (C=O) groups excluding carboxylic acids is 3. The molecule has 6 atom stereocenters. The summed E-state index contributed by atoms with van der Waals surface area (Å²) in [5, 5.41) is 38.9. The molecule has 4 rings (SSSR count). The first kappa shape index (κ1) is 44.8. The Balaban J connectivity index is 1.42. The maximum absolute atomic E-state index is 13.8. The lowest BCUT2D eigenvalue weighted by Gasteiger charge is -2.30. The van der Waals surface area contributed by atoms with Crippen molar-refractivity contribution in [3.8, 4) is 0 Å². The van der Waals surface area contributed by atoms with Crippen molar-refractivity contribution in [3.05, 3.63) is 71.8 Å². The van der Waals surface area contributed by atoms with Crippen molar-refractivity contribution in [1.82, 2.24) is 25.8 Å². The number of carboxylic acid groups (broad SMARTS) is 3. The molecule has 2 aromatic rings. The minimum Gasteiger partial charge on any atom is -0.480 e. The molecule has 2 heterocycles. The molecule has 0 aliphatic carbocycles. The van der Waals surface area contributed by atoms with E-state index in [0.29, 0.717) is 90.1 Å². The fourth-order valence-electron chi connectivity index (χ4n) is 7.80. The van der Waals surface area contributed by atoms with E-state index in [1.54, 1.807) is 0 Å². The Labute approximate surface area is 334 Å². The smallest absolute Gasteiger partial charge is 0.326 e. The van der Waals surface area contributed by atoms with E-state index in [1.165, 1.54) is 9.80 Å². The fourth-order valence-corrected chi connectivity index (χ4v) is 7.80. The third kappa shape index (κ3) is 13.9. The van der Waals surface area contributed by atoms with Crippen molar-refractivity contribution < 1.29 is 44.1 Å². The van der Waals surface area contributed by atoms with E-state index in [2.05, 4.69) is 16.0 Å². The molecule has 312 valence electrons. The molecule has 0 spiro atoms. The number of hydrogen-bond donors (Lipinski definition) is 7. The van der Waals surface area contributed by atoms with Crippen molar-refractivity contribution in [3.63, 3.8) is 0 Å². The Morgan fingerprint density at radius 1 is 0.614 bits per heavy atom. The predicted molar refractivity (Wildman–Crippen MR) is 213 cm³/mol. The van der Waals surface area contributed by atoms with Gasteiger partial charge in [-0.3, -0.25) is 29.8 Å². The Bertz CT molecular complexity index is 1610. The molecular weight excluding hydrogens is 732 g/mol. The summed E-state index contributed by atoms with van der Waals surface area (Å²) < 4.78 is 0. The summed E-state index contributed by atoms with van der Waals surface area (Å²) in [7, 11) is 0. The van der Waals surface area contributed by atoms with E-state index in [0.717, 1.165) is 11.1 Å². The van der Waals surface area contributed by atoms with E-state index in [-0.39, 0.29) is 37.7 Å². The van der Waals surface area contributed by atoms with Crippen LogP contribution in [0, 0.1) is 0 Å². The van der Waals surface area contributed by atoms with Crippen LogP contribution in [0.15, 0.2) is 60.7 Å². The molecule has 8 N–H and O–H groups in total. The number of nitrogens with two attached hydrogens (primary N) is 1. The summed E-state index contributed by atoms with van der Waals surface area (Å²) in [6.45, 7) is 1.28. The summed E-state index contributed by atoms with van der Waals surface area (Å²) in [4.78, 5) is 80.4. The van der Waals surface area contributed by atoms with E-state index >= 15 is 0 Å². The first-order valence-electron chi connectivity index (χ1n) is 20.4. The Morgan fingerprint density at radius 2 is 1.07 bits per heavy atom. The molecule has 3 amide bonds. The molecule has 0 bridgehead atoms. The van der Waals surface area contributed by atoms with Crippen LogP contribution in [0.4, 0.5) is 0 Å². The largest absolute Gasteiger partial charge is 0.480 e. The maximum Gasteiger partial charge on any atom is 0.326 e. The second-order valence-electron chi connectivity index (χ2n) is 15.1. The predicted octanol–water partition coefficient (Wildman–Crippen LogP) is 2.56. The molecule has 15 heteroatoms. The van der Waals surface area contributed by atoms with Gasteiger partial charge in [0.1, 0.15) is 18.1 Å². The zero-order chi connectivity index (χ0) is 41.2. The summed E-state index contributed by atoms with van der Waals surface area (Å²) in [6.07, 6.45) is 6.21. The van der Waals surface area contributed by atoms with Crippen LogP contribution in [0.25, 0.3) is 0 Å². The number of nitrogens with zero attached hydrogens (tertiary/aromatic N) is 2. The summed E-state index contributed by atoms with van der Waals surface area (Å²) in [6, 6.07) is 13.6. The first-order chi connectivity index (χ1) is 27.5. The van der Waals surface area contributed by atoms with E-state index < -0.39 is 60.1 Å². The SMILES string of the molecule is NCCCC[C@H](N[C@@H](CCc1ccccc1)C(=O)NCCCC[C@@H](N[C@@H](CCc1ccccc1)C(=O)O)C(=O)N1CCC[C@@H]1C(=O)O)C(=O)N1CCC[C@@H]1C(=O)O. The molecule has 15 nitrogen and oxygen atoms in total. The van der Waals surface area contributed by atoms with Gasteiger partial charge in [0.15, 0.2) is 0 Å². The van der Waals surface area contributed by atoms with Gasteiger partial charge in [-0.2, -0.15) is 0 Å². The lowest BCUT2D eigenvalue weighted by atomic mass is 10.0. The highest BCUT2D eigenvalue weighted by atomic mass is 16.4.